The van der Waals surface area contributed by atoms with Crippen LogP contribution in [0.2, 0.25) is 0 Å². The zero-order valence-corrected chi connectivity index (χ0v) is 18.8. The van der Waals surface area contributed by atoms with E-state index in [0.717, 1.165) is 38.8 Å². The van der Waals surface area contributed by atoms with Gasteiger partial charge in [0, 0.05) is 22.6 Å². The normalized spacial score (nSPS) is 17.0. The molecular formula is C25H21N5OS. The summed E-state index contributed by atoms with van der Waals surface area (Å²) in [6, 6.07) is 20.1. The Bertz CT molecular complexity index is 1350. The predicted molar refractivity (Wildman–Crippen MR) is 131 cm³/mol. The Morgan fingerprint density at radius 1 is 1.00 bits per heavy atom. The van der Waals surface area contributed by atoms with Gasteiger partial charge < -0.3 is 4.57 Å². The molecule has 0 saturated carbocycles. The van der Waals surface area contributed by atoms with Crippen LogP contribution in [0.15, 0.2) is 76.3 Å². The predicted octanol–water partition coefficient (Wildman–Crippen LogP) is 5.07. The maximum Gasteiger partial charge on any atom is 0.283 e. The van der Waals surface area contributed by atoms with E-state index in [0.29, 0.717) is 5.17 Å². The summed E-state index contributed by atoms with van der Waals surface area (Å²) in [4.78, 5) is 17.0. The zero-order chi connectivity index (χ0) is 22.4. The topological polar surface area (TPSA) is 73.8 Å². The highest BCUT2D eigenvalue weighted by molar-refractivity contribution is 8.27. The van der Waals surface area contributed by atoms with Gasteiger partial charge in [0.25, 0.3) is 5.91 Å². The van der Waals surface area contributed by atoms with E-state index in [1.54, 1.807) is 6.08 Å². The lowest BCUT2D eigenvalue weighted by atomic mass is 10.1. The van der Waals surface area contributed by atoms with Gasteiger partial charge in [0.15, 0.2) is 5.84 Å². The van der Waals surface area contributed by atoms with E-state index < -0.39 is 5.91 Å². The number of nitrogens with one attached hydrogen (secondary N) is 1. The molecule has 0 saturated heterocycles. The Balaban J connectivity index is 1.51. The van der Waals surface area contributed by atoms with Crippen LogP contribution in [0.25, 0.3) is 11.8 Å². The van der Waals surface area contributed by atoms with Crippen LogP contribution < -0.4 is 0 Å². The lowest BCUT2D eigenvalue weighted by Crippen LogP contribution is -2.35. The number of aliphatic imine (C=N–C) groups is 1. The third kappa shape index (κ3) is 3.40. The van der Waals surface area contributed by atoms with Crippen molar-refractivity contribution in [1.29, 1.82) is 5.41 Å². The molecule has 2 aliphatic rings. The standard InChI is InChI=1S/C25H21N5OS/c1-15-9-11-18(12-10-15)24-28-30-22(26)21(23(31)27-25(30)32-24)14-19-13-16(2)29(17(19)3)20-7-5-4-6-8-20/h4-14,26H,1-3H3. The van der Waals surface area contributed by atoms with Crippen LogP contribution in [-0.4, -0.2) is 31.5 Å². The smallest absolute Gasteiger partial charge is 0.283 e. The summed E-state index contributed by atoms with van der Waals surface area (Å²) in [7, 11) is 0. The van der Waals surface area contributed by atoms with Crippen molar-refractivity contribution in [1.82, 2.24) is 9.58 Å². The lowest BCUT2D eigenvalue weighted by molar-refractivity contribution is -0.114. The summed E-state index contributed by atoms with van der Waals surface area (Å²) in [6.45, 7) is 6.07. The van der Waals surface area contributed by atoms with Crippen molar-refractivity contribution in [3.63, 3.8) is 0 Å². The highest BCUT2D eigenvalue weighted by atomic mass is 32.2. The summed E-state index contributed by atoms with van der Waals surface area (Å²) < 4.78 is 2.14. The first-order chi connectivity index (χ1) is 15.4. The Kier molecular flexibility index (Phi) is 4.90. The molecule has 6 nitrogen and oxygen atoms in total. The molecule has 0 radical (unpaired) electrons. The molecule has 3 aromatic rings. The summed E-state index contributed by atoms with van der Waals surface area (Å²) in [5, 5.41) is 15.8. The maximum atomic E-state index is 12.8. The number of hydrogen-bond acceptors (Lipinski definition) is 4. The molecule has 2 aliphatic heterocycles. The molecule has 1 amide bonds. The first kappa shape index (κ1) is 20.2. The Morgan fingerprint density at radius 2 is 1.72 bits per heavy atom. The molecule has 3 heterocycles. The number of fused-ring (bicyclic) bond motifs is 1. The van der Waals surface area contributed by atoms with Crippen molar-refractivity contribution in [2.45, 2.75) is 20.8 Å². The molecule has 32 heavy (non-hydrogen) atoms. The fourth-order valence-corrected chi connectivity index (χ4v) is 4.77. The minimum Gasteiger partial charge on any atom is -0.318 e. The largest absolute Gasteiger partial charge is 0.318 e. The lowest BCUT2D eigenvalue weighted by Gasteiger charge is -2.20. The summed E-state index contributed by atoms with van der Waals surface area (Å²) >= 11 is 1.31. The summed E-state index contributed by atoms with van der Waals surface area (Å²) in [5.41, 5.74) is 6.32. The third-order valence-corrected chi connectivity index (χ3v) is 6.50. The van der Waals surface area contributed by atoms with Crippen molar-refractivity contribution in [3.05, 3.63) is 94.3 Å². The quantitative estimate of drug-likeness (QED) is 0.579. The average molecular weight is 440 g/mol. The number of thioether (sulfide) groups is 1. The first-order valence-corrected chi connectivity index (χ1v) is 11.1. The Morgan fingerprint density at radius 3 is 2.44 bits per heavy atom. The molecule has 2 aromatic carbocycles. The second kappa shape index (κ2) is 7.76. The minimum absolute atomic E-state index is 0.0409. The van der Waals surface area contributed by atoms with Gasteiger partial charge in [0.1, 0.15) is 5.04 Å². The van der Waals surface area contributed by atoms with Crippen LogP contribution >= 0.6 is 11.8 Å². The third-order valence-electron chi connectivity index (χ3n) is 5.54. The van der Waals surface area contributed by atoms with Gasteiger partial charge >= 0.3 is 0 Å². The van der Waals surface area contributed by atoms with Gasteiger partial charge in [0.05, 0.1) is 5.57 Å². The van der Waals surface area contributed by atoms with Gasteiger partial charge in [-0.15, -0.1) is 0 Å². The van der Waals surface area contributed by atoms with Crippen molar-refractivity contribution in [2.75, 3.05) is 0 Å². The van der Waals surface area contributed by atoms with Crippen LogP contribution in [0.4, 0.5) is 0 Å². The second-order valence-electron chi connectivity index (χ2n) is 7.79. The number of carbonyl (C=O) groups is 1. The second-order valence-corrected chi connectivity index (χ2v) is 8.74. The summed E-state index contributed by atoms with van der Waals surface area (Å²) in [6.07, 6.45) is 1.75. The van der Waals surface area contributed by atoms with Crippen LogP contribution in [-0.2, 0) is 4.79 Å². The molecule has 0 spiro atoms. The first-order valence-electron chi connectivity index (χ1n) is 10.2. The number of rotatable bonds is 3. The highest BCUT2D eigenvalue weighted by Gasteiger charge is 2.36. The number of aromatic nitrogens is 1. The van der Waals surface area contributed by atoms with Gasteiger partial charge in [-0.3, -0.25) is 10.2 Å². The fourth-order valence-electron chi connectivity index (χ4n) is 3.87. The van der Waals surface area contributed by atoms with E-state index in [-0.39, 0.29) is 11.4 Å². The molecular weight excluding hydrogens is 418 g/mol. The number of hydrogen-bond donors (Lipinski definition) is 1. The SMILES string of the molecule is Cc1ccc(C2=NN3C(=N)C(=Cc4cc(C)n(-c5ccccc5)c4C)C(=O)N=C3S2)cc1. The number of amidine groups is 2. The van der Waals surface area contributed by atoms with Crippen molar-refractivity contribution < 1.29 is 4.79 Å². The van der Waals surface area contributed by atoms with Crippen molar-refractivity contribution in [3.8, 4) is 5.69 Å². The Hall–Kier alpha value is -3.71. The average Bonchev–Trinajstić information content (AvgIpc) is 3.33. The van der Waals surface area contributed by atoms with E-state index in [4.69, 9.17) is 5.41 Å². The van der Waals surface area contributed by atoms with E-state index in [2.05, 4.69) is 14.7 Å². The molecule has 0 unspecified atom stereocenters. The highest BCUT2D eigenvalue weighted by Crippen LogP contribution is 2.32. The molecule has 7 heteroatoms. The van der Waals surface area contributed by atoms with Crippen LogP contribution in [0.3, 0.4) is 0 Å². The number of hydrazone groups is 1. The molecule has 5 rings (SSSR count). The molecule has 158 valence electrons. The number of para-hydroxylation sites is 1. The van der Waals surface area contributed by atoms with Crippen LogP contribution in [0.1, 0.15) is 28.1 Å². The monoisotopic (exact) mass is 439 g/mol. The van der Waals surface area contributed by atoms with E-state index in [9.17, 15) is 4.79 Å². The van der Waals surface area contributed by atoms with Gasteiger partial charge in [-0.1, -0.05) is 48.0 Å². The molecule has 1 N–H and O–H groups in total. The zero-order valence-electron chi connectivity index (χ0n) is 18.0. The molecule has 0 aliphatic carbocycles. The van der Waals surface area contributed by atoms with E-state index >= 15 is 0 Å². The maximum absolute atomic E-state index is 12.8. The fraction of sp³-hybridized carbons (Fsp3) is 0.120. The minimum atomic E-state index is -0.418. The van der Waals surface area contributed by atoms with Crippen molar-refractivity contribution in [2.24, 2.45) is 10.1 Å². The number of benzene rings is 2. The molecule has 0 fully saturated rings. The number of amides is 1. The number of carbonyl (C=O) groups excluding carboxylic acids is 1. The van der Waals surface area contributed by atoms with Crippen molar-refractivity contribution >= 4 is 39.8 Å². The molecule has 1 aromatic heterocycles. The van der Waals surface area contributed by atoms with E-state index in [1.807, 2.05) is 81.4 Å². The van der Waals surface area contributed by atoms with Crippen LogP contribution in [0.5, 0.6) is 0 Å². The number of nitrogens with zero attached hydrogens (tertiary/aromatic N) is 4. The summed E-state index contributed by atoms with van der Waals surface area (Å²) in [5.74, 6) is -0.377. The number of aryl methyl sites for hydroxylation is 2. The van der Waals surface area contributed by atoms with Gasteiger partial charge in [-0.25, -0.2) is 0 Å². The van der Waals surface area contributed by atoms with Gasteiger partial charge in [0.2, 0.25) is 5.17 Å². The Labute approximate surface area is 190 Å². The van der Waals surface area contributed by atoms with E-state index in [1.165, 1.54) is 16.8 Å². The van der Waals surface area contributed by atoms with Crippen LogP contribution in [0, 0.1) is 26.2 Å². The van der Waals surface area contributed by atoms with Gasteiger partial charge in [-0.05, 0) is 62.4 Å². The molecule has 0 bridgehead atoms. The van der Waals surface area contributed by atoms with Gasteiger partial charge in [-0.2, -0.15) is 15.1 Å². The molecule has 0 atom stereocenters.